The van der Waals surface area contributed by atoms with Crippen LogP contribution in [0.3, 0.4) is 0 Å². The van der Waals surface area contributed by atoms with E-state index >= 15 is 0 Å². The lowest BCUT2D eigenvalue weighted by atomic mass is 9.96. The van der Waals surface area contributed by atoms with Gasteiger partial charge in [-0.25, -0.2) is 0 Å². The first-order valence-corrected chi connectivity index (χ1v) is 12.7. The number of carbonyl (C=O) groups is 3. The smallest absolute Gasteiger partial charge is 0.308 e. The van der Waals surface area contributed by atoms with Crippen molar-refractivity contribution in [3.63, 3.8) is 0 Å². The predicted molar refractivity (Wildman–Crippen MR) is 145 cm³/mol. The molecule has 0 aliphatic rings. The summed E-state index contributed by atoms with van der Waals surface area (Å²) in [5.74, 6) is -0.482. The molecule has 0 unspecified atom stereocenters. The lowest BCUT2D eigenvalue weighted by Gasteiger charge is -2.24. The second-order valence-electron chi connectivity index (χ2n) is 8.97. The largest absolute Gasteiger partial charge is 0.496 e. The minimum Gasteiger partial charge on any atom is -0.496 e. The minimum absolute atomic E-state index is 0.142. The van der Waals surface area contributed by atoms with Gasteiger partial charge >= 0.3 is 17.9 Å². The van der Waals surface area contributed by atoms with E-state index in [2.05, 4.69) is 4.90 Å². The highest BCUT2D eigenvalue weighted by Gasteiger charge is 2.29. The fourth-order valence-electron chi connectivity index (χ4n) is 4.11. The Morgan fingerprint density at radius 2 is 1.45 bits per heavy atom. The van der Waals surface area contributed by atoms with E-state index in [4.69, 9.17) is 23.7 Å². The molecule has 0 fully saturated rings. The average Bonchev–Trinajstić information content (AvgIpc) is 2.86. The van der Waals surface area contributed by atoms with E-state index in [1.54, 1.807) is 18.2 Å². The standard InChI is InChI=1S/C29H39NO8/c1-9-30(10-2)16-15-26(33)38-22(12-11-18(3)4)21-17-25(36-19(5)31)27-23(34-7)13-14-24(35-8)28(27)29(21)37-20(6)32/h11,13-14,17,22H,9-10,12,15-16H2,1-8H3/t22-/m0/s1. The van der Waals surface area contributed by atoms with Crippen molar-refractivity contribution in [2.75, 3.05) is 33.9 Å². The van der Waals surface area contributed by atoms with Gasteiger partial charge in [0, 0.05) is 32.4 Å². The molecular weight excluding hydrogens is 490 g/mol. The average molecular weight is 530 g/mol. The maximum Gasteiger partial charge on any atom is 0.308 e. The molecule has 0 saturated carbocycles. The second-order valence-corrected chi connectivity index (χ2v) is 8.97. The zero-order valence-corrected chi connectivity index (χ0v) is 23.6. The van der Waals surface area contributed by atoms with E-state index < -0.39 is 24.0 Å². The van der Waals surface area contributed by atoms with E-state index in [9.17, 15) is 14.4 Å². The molecule has 1 atom stereocenters. The number of ether oxygens (including phenoxy) is 5. The Labute approximate surface area is 224 Å². The summed E-state index contributed by atoms with van der Waals surface area (Å²) >= 11 is 0. The maximum atomic E-state index is 13.0. The number of esters is 3. The first-order chi connectivity index (χ1) is 18.1. The molecule has 0 bridgehead atoms. The monoisotopic (exact) mass is 529 g/mol. The van der Waals surface area contributed by atoms with Crippen molar-refractivity contribution in [1.82, 2.24) is 4.90 Å². The molecule has 0 heterocycles. The first-order valence-electron chi connectivity index (χ1n) is 12.7. The van der Waals surface area contributed by atoms with Gasteiger partial charge in [0.25, 0.3) is 0 Å². The topological polar surface area (TPSA) is 101 Å². The van der Waals surface area contributed by atoms with Crippen molar-refractivity contribution in [2.45, 2.75) is 60.5 Å². The molecule has 0 radical (unpaired) electrons. The van der Waals surface area contributed by atoms with Crippen molar-refractivity contribution in [3.05, 3.63) is 35.4 Å². The number of rotatable bonds is 13. The summed E-state index contributed by atoms with van der Waals surface area (Å²) in [7, 11) is 2.96. The second kappa shape index (κ2) is 14.4. The number of fused-ring (bicyclic) bond motifs is 1. The van der Waals surface area contributed by atoms with E-state index in [0.717, 1.165) is 18.7 Å². The van der Waals surface area contributed by atoms with Crippen LogP contribution in [0, 0.1) is 0 Å². The van der Waals surface area contributed by atoms with Crippen molar-refractivity contribution < 1.29 is 38.1 Å². The van der Waals surface area contributed by atoms with Gasteiger partial charge in [-0.2, -0.15) is 0 Å². The SMILES string of the molecule is CCN(CC)CCC(=O)O[C@@H](CC=C(C)C)c1cc(OC(C)=O)c2c(OC)ccc(OC)c2c1OC(C)=O. The normalized spacial score (nSPS) is 11.6. The quantitative estimate of drug-likeness (QED) is 0.192. The molecule has 0 N–H and O–H groups in total. The fourth-order valence-corrected chi connectivity index (χ4v) is 4.11. The zero-order valence-electron chi connectivity index (χ0n) is 23.6. The van der Waals surface area contributed by atoms with Gasteiger partial charge in [0.1, 0.15) is 29.1 Å². The molecule has 208 valence electrons. The van der Waals surface area contributed by atoms with Crippen LogP contribution in [0.25, 0.3) is 10.8 Å². The van der Waals surface area contributed by atoms with Crippen LogP contribution in [-0.4, -0.2) is 56.7 Å². The Morgan fingerprint density at radius 1 is 0.868 bits per heavy atom. The van der Waals surface area contributed by atoms with E-state index in [1.807, 2.05) is 33.8 Å². The van der Waals surface area contributed by atoms with Crippen LogP contribution in [0.5, 0.6) is 23.0 Å². The highest BCUT2D eigenvalue weighted by molar-refractivity contribution is 6.04. The number of allylic oxidation sites excluding steroid dienone is 1. The molecule has 0 amide bonds. The third-order valence-electron chi connectivity index (χ3n) is 5.98. The minimum atomic E-state index is -0.835. The lowest BCUT2D eigenvalue weighted by molar-refractivity contribution is -0.149. The Balaban J connectivity index is 2.82. The van der Waals surface area contributed by atoms with Crippen molar-refractivity contribution in [3.8, 4) is 23.0 Å². The van der Waals surface area contributed by atoms with Gasteiger partial charge in [-0.3, -0.25) is 14.4 Å². The number of methoxy groups -OCH3 is 2. The van der Waals surface area contributed by atoms with Crippen LogP contribution >= 0.6 is 0 Å². The number of hydrogen-bond donors (Lipinski definition) is 0. The Bertz CT molecular complexity index is 1180. The number of nitrogens with zero attached hydrogens (tertiary/aromatic N) is 1. The van der Waals surface area contributed by atoms with Crippen LogP contribution in [0.4, 0.5) is 0 Å². The highest BCUT2D eigenvalue weighted by atomic mass is 16.6. The molecular formula is C29H39NO8. The maximum absolute atomic E-state index is 13.0. The highest BCUT2D eigenvalue weighted by Crippen LogP contribution is 2.49. The molecule has 38 heavy (non-hydrogen) atoms. The number of carbonyl (C=O) groups excluding carboxylic acids is 3. The molecule has 2 aromatic carbocycles. The van der Waals surface area contributed by atoms with Crippen LogP contribution in [0.1, 0.15) is 66.1 Å². The lowest BCUT2D eigenvalue weighted by Crippen LogP contribution is -2.26. The van der Waals surface area contributed by atoms with E-state index in [1.165, 1.54) is 28.1 Å². The third kappa shape index (κ3) is 7.95. The molecule has 9 nitrogen and oxygen atoms in total. The summed E-state index contributed by atoms with van der Waals surface area (Å²) in [6.07, 6.45) is 1.60. The Kier molecular flexibility index (Phi) is 11.6. The van der Waals surface area contributed by atoms with Gasteiger partial charge in [0.05, 0.1) is 31.4 Å². The Morgan fingerprint density at radius 3 is 1.95 bits per heavy atom. The number of benzene rings is 2. The molecule has 0 aliphatic carbocycles. The molecule has 0 aromatic heterocycles. The molecule has 2 aromatic rings. The van der Waals surface area contributed by atoms with Crippen LogP contribution in [0.2, 0.25) is 0 Å². The van der Waals surface area contributed by atoms with E-state index in [-0.39, 0.29) is 17.9 Å². The van der Waals surface area contributed by atoms with Crippen LogP contribution < -0.4 is 18.9 Å². The molecule has 0 saturated heterocycles. The van der Waals surface area contributed by atoms with Crippen molar-refractivity contribution >= 4 is 28.7 Å². The molecule has 0 spiro atoms. The molecule has 9 heteroatoms. The van der Waals surface area contributed by atoms with Crippen molar-refractivity contribution in [1.29, 1.82) is 0 Å². The van der Waals surface area contributed by atoms with Crippen LogP contribution in [-0.2, 0) is 19.1 Å². The van der Waals surface area contributed by atoms with Gasteiger partial charge in [0.15, 0.2) is 0 Å². The molecule has 0 aliphatic heterocycles. The third-order valence-corrected chi connectivity index (χ3v) is 5.98. The summed E-state index contributed by atoms with van der Waals surface area (Å²) in [5, 5.41) is 0.744. The molecule has 2 rings (SSSR count). The number of hydrogen-bond acceptors (Lipinski definition) is 9. The summed E-state index contributed by atoms with van der Waals surface area (Å²) < 4.78 is 28.4. The fraction of sp³-hybridized carbons (Fsp3) is 0.483. The van der Waals surface area contributed by atoms with E-state index in [0.29, 0.717) is 40.8 Å². The predicted octanol–water partition coefficient (Wildman–Crippen LogP) is 5.38. The summed E-state index contributed by atoms with van der Waals surface area (Å²) in [6.45, 7) is 12.7. The first kappa shape index (κ1) is 30.6. The zero-order chi connectivity index (χ0) is 28.4. The Hall–Kier alpha value is -3.59. The van der Waals surface area contributed by atoms with Crippen LogP contribution in [0.15, 0.2) is 29.8 Å². The summed E-state index contributed by atoms with van der Waals surface area (Å²) in [4.78, 5) is 39.5. The van der Waals surface area contributed by atoms with Gasteiger partial charge in [-0.05, 0) is 45.1 Å². The van der Waals surface area contributed by atoms with Gasteiger partial charge < -0.3 is 28.6 Å². The van der Waals surface area contributed by atoms with Gasteiger partial charge in [0.2, 0.25) is 0 Å². The summed E-state index contributed by atoms with van der Waals surface area (Å²) in [6, 6.07) is 4.89. The van der Waals surface area contributed by atoms with Gasteiger partial charge in [-0.15, -0.1) is 0 Å². The van der Waals surface area contributed by atoms with Crippen molar-refractivity contribution in [2.24, 2.45) is 0 Å². The van der Waals surface area contributed by atoms with Gasteiger partial charge in [-0.1, -0.05) is 25.5 Å². The summed E-state index contributed by atoms with van der Waals surface area (Å²) in [5.41, 5.74) is 1.38.